The van der Waals surface area contributed by atoms with E-state index >= 15 is 0 Å². The van der Waals surface area contributed by atoms with Crippen LogP contribution in [0.25, 0.3) is 0 Å². The van der Waals surface area contributed by atoms with E-state index in [4.69, 9.17) is 17.3 Å². The lowest BCUT2D eigenvalue weighted by Gasteiger charge is -2.09. The predicted octanol–water partition coefficient (Wildman–Crippen LogP) is 4.02. The zero-order valence-electron chi connectivity index (χ0n) is 12.0. The molecule has 2 N–H and O–H groups in total. The van der Waals surface area contributed by atoms with Gasteiger partial charge < -0.3 is 5.73 Å². The molecule has 0 unspecified atom stereocenters. The molecule has 5 heteroatoms. The summed E-state index contributed by atoms with van der Waals surface area (Å²) in [6.07, 6.45) is 0. The van der Waals surface area contributed by atoms with Crippen molar-refractivity contribution >= 4 is 27.1 Å². The molecule has 112 valence electrons. The molecule has 0 fully saturated rings. The third-order valence-electron chi connectivity index (χ3n) is 3.32. The van der Waals surface area contributed by atoms with Crippen LogP contribution in [0, 0.1) is 0 Å². The Morgan fingerprint density at radius 1 is 1.10 bits per heavy atom. The van der Waals surface area contributed by atoms with Crippen molar-refractivity contribution in [1.82, 2.24) is 0 Å². The maximum atomic E-state index is 12.4. The summed E-state index contributed by atoms with van der Waals surface area (Å²) in [5.41, 5.74) is 7.81. The zero-order chi connectivity index (χ0) is 15.6. The number of rotatable bonds is 4. The second-order valence-electron chi connectivity index (χ2n) is 5.33. The van der Waals surface area contributed by atoms with E-state index in [0.29, 0.717) is 27.1 Å². The van der Waals surface area contributed by atoms with Crippen LogP contribution in [-0.4, -0.2) is 8.42 Å². The van der Waals surface area contributed by atoms with Crippen LogP contribution in [0.5, 0.6) is 0 Å². The third kappa shape index (κ3) is 3.77. The minimum absolute atomic E-state index is 0.155. The molecule has 0 saturated heterocycles. The molecule has 0 saturated carbocycles. The Kier molecular flexibility index (Phi) is 4.59. The summed E-state index contributed by atoms with van der Waals surface area (Å²) < 4.78 is 24.9. The number of halogens is 1. The van der Waals surface area contributed by atoms with Crippen molar-refractivity contribution in [3.63, 3.8) is 0 Å². The van der Waals surface area contributed by atoms with Gasteiger partial charge in [0.25, 0.3) is 0 Å². The molecule has 0 spiro atoms. The van der Waals surface area contributed by atoms with Crippen LogP contribution in [0.4, 0.5) is 5.69 Å². The fourth-order valence-corrected chi connectivity index (χ4v) is 3.68. The highest BCUT2D eigenvalue weighted by molar-refractivity contribution is 7.90. The summed E-state index contributed by atoms with van der Waals surface area (Å²) in [7, 11) is -3.44. The van der Waals surface area contributed by atoms with Gasteiger partial charge in [0.1, 0.15) is 0 Å². The Morgan fingerprint density at radius 3 is 2.29 bits per heavy atom. The maximum Gasteiger partial charge on any atom is 0.182 e. The largest absolute Gasteiger partial charge is 0.399 e. The summed E-state index contributed by atoms with van der Waals surface area (Å²) in [6.45, 7) is 4.13. The first-order valence-corrected chi connectivity index (χ1v) is 8.69. The van der Waals surface area contributed by atoms with Gasteiger partial charge in [-0.25, -0.2) is 8.42 Å². The van der Waals surface area contributed by atoms with Crippen LogP contribution in [0.2, 0.25) is 5.02 Å². The highest BCUT2D eigenvalue weighted by atomic mass is 35.5. The van der Waals surface area contributed by atoms with Gasteiger partial charge in [0.15, 0.2) is 9.84 Å². The molecular weight excluding hydrogens is 306 g/mol. The predicted molar refractivity (Wildman–Crippen MR) is 87.3 cm³/mol. The molecule has 0 bridgehead atoms. The minimum atomic E-state index is -3.44. The summed E-state index contributed by atoms with van der Waals surface area (Å²) in [4.78, 5) is 0.297. The third-order valence-corrected chi connectivity index (χ3v) is 5.37. The standard InChI is InChI=1S/C16H18ClNO2S/c1-11(2)12-3-6-15(7-4-12)21(19,20)10-13-9-14(18)5-8-16(13)17/h3-9,11H,10,18H2,1-2H3. The monoisotopic (exact) mass is 323 g/mol. The molecule has 0 aliphatic heterocycles. The van der Waals surface area contributed by atoms with E-state index in [1.54, 1.807) is 30.3 Å². The van der Waals surface area contributed by atoms with Gasteiger partial charge in [-0.3, -0.25) is 0 Å². The van der Waals surface area contributed by atoms with E-state index in [1.807, 2.05) is 12.1 Å². The van der Waals surface area contributed by atoms with Gasteiger partial charge in [-0.1, -0.05) is 37.6 Å². The Morgan fingerprint density at radius 2 is 1.71 bits per heavy atom. The SMILES string of the molecule is CC(C)c1ccc(S(=O)(=O)Cc2cc(N)ccc2Cl)cc1. The molecule has 2 aromatic carbocycles. The van der Waals surface area contributed by atoms with Gasteiger partial charge in [-0.05, 0) is 47.4 Å². The van der Waals surface area contributed by atoms with E-state index in [1.165, 1.54) is 0 Å². The van der Waals surface area contributed by atoms with E-state index < -0.39 is 9.84 Å². The molecule has 21 heavy (non-hydrogen) atoms. The lowest BCUT2D eigenvalue weighted by molar-refractivity contribution is 0.595. The Bertz CT molecular complexity index is 737. The van der Waals surface area contributed by atoms with Crippen molar-refractivity contribution in [3.8, 4) is 0 Å². The van der Waals surface area contributed by atoms with Gasteiger partial charge in [0.2, 0.25) is 0 Å². The van der Waals surface area contributed by atoms with Crippen LogP contribution in [-0.2, 0) is 15.6 Å². The summed E-state index contributed by atoms with van der Waals surface area (Å²) in [5, 5.41) is 0.409. The van der Waals surface area contributed by atoms with Crippen molar-refractivity contribution in [2.75, 3.05) is 5.73 Å². The summed E-state index contributed by atoms with van der Waals surface area (Å²) in [5.74, 6) is 0.211. The molecule has 2 aromatic rings. The molecule has 0 radical (unpaired) electrons. The number of sulfone groups is 1. The number of hydrogen-bond acceptors (Lipinski definition) is 3. The molecular formula is C16H18ClNO2S. The lowest BCUT2D eigenvalue weighted by Crippen LogP contribution is -2.06. The number of anilines is 1. The average molecular weight is 324 g/mol. The van der Waals surface area contributed by atoms with Crippen molar-refractivity contribution in [2.24, 2.45) is 0 Å². The Balaban J connectivity index is 2.31. The van der Waals surface area contributed by atoms with E-state index in [2.05, 4.69) is 13.8 Å². The van der Waals surface area contributed by atoms with Crippen LogP contribution in [0.1, 0.15) is 30.9 Å². The fraction of sp³-hybridized carbons (Fsp3) is 0.250. The molecule has 2 rings (SSSR count). The first kappa shape index (κ1) is 15.9. The lowest BCUT2D eigenvalue weighted by atomic mass is 10.0. The van der Waals surface area contributed by atoms with E-state index in [9.17, 15) is 8.42 Å². The molecule has 0 heterocycles. The number of nitrogen functional groups attached to an aromatic ring is 1. The number of hydrogen-bond donors (Lipinski definition) is 1. The number of nitrogens with two attached hydrogens (primary N) is 1. The quantitative estimate of drug-likeness (QED) is 0.864. The van der Waals surface area contributed by atoms with Crippen molar-refractivity contribution in [1.29, 1.82) is 0 Å². The van der Waals surface area contributed by atoms with Gasteiger partial charge in [-0.15, -0.1) is 0 Å². The first-order valence-electron chi connectivity index (χ1n) is 6.66. The van der Waals surface area contributed by atoms with Crippen LogP contribution >= 0.6 is 11.6 Å². The van der Waals surface area contributed by atoms with E-state index in [0.717, 1.165) is 5.56 Å². The maximum absolute atomic E-state index is 12.4. The highest BCUT2D eigenvalue weighted by Crippen LogP contribution is 2.25. The molecule has 0 atom stereocenters. The van der Waals surface area contributed by atoms with Crippen molar-refractivity contribution < 1.29 is 8.42 Å². The smallest absolute Gasteiger partial charge is 0.182 e. The van der Waals surface area contributed by atoms with Gasteiger partial charge in [-0.2, -0.15) is 0 Å². The fourth-order valence-electron chi connectivity index (χ4n) is 2.05. The normalized spacial score (nSPS) is 11.8. The summed E-state index contributed by atoms with van der Waals surface area (Å²) >= 11 is 6.04. The minimum Gasteiger partial charge on any atom is -0.399 e. The Labute approximate surface area is 130 Å². The highest BCUT2D eigenvalue weighted by Gasteiger charge is 2.17. The van der Waals surface area contributed by atoms with Crippen LogP contribution < -0.4 is 5.73 Å². The molecule has 0 aromatic heterocycles. The molecule has 0 amide bonds. The second kappa shape index (κ2) is 6.08. The van der Waals surface area contributed by atoms with Crippen LogP contribution in [0.3, 0.4) is 0 Å². The van der Waals surface area contributed by atoms with Crippen molar-refractivity contribution in [3.05, 3.63) is 58.6 Å². The number of benzene rings is 2. The summed E-state index contributed by atoms with van der Waals surface area (Å²) in [6, 6.07) is 11.8. The van der Waals surface area contributed by atoms with Crippen LogP contribution in [0.15, 0.2) is 47.4 Å². The van der Waals surface area contributed by atoms with E-state index in [-0.39, 0.29) is 5.75 Å². The van der Waals surface area contributed by atoms with Gasteiger partial charge in [0, 0.05) is 10.7 Å². The molecule has 0 aliphatic rings. The molecule has 3 nitrogen and oxygen atoms in total. The van der Waals surface area contributed by atoms with Gasteiger partial charge in [0.05, 0.1) is 10.6 Å². The zero-order valence-corrected chi connectivity index (χ0v) is 13.6. The van der Waals surface area contributed by atoms with Crippen molar-refractivity contribution in [2.45, 2.75) is 30.4 Å². The topological polar surface area (TPSA) is 60.2 Å². The second-order valence-corrected chi connectivity index (χ2v) is 7.73. The average Bonchev–Trinajstić information content (AvgIpc) is 2.43. The Hall–Kier alpha value is -1.52. The van der Waals surface area contributed by atoms with Gasteiger partial charge >= 0.3 is 0 Å². The first-order chi connectivity index (χ1) is 9.79. The molecule has 0 aliphatic carbocycles.